The molecule has 0 atom stereocenters. The van der Waals surface area contributed by atoms with Gasteiger partial charge in [-0.25, -0.2) is 8.42 Å². The highest BCUT2D eigenvalue weighted by atomic mass is 35.5. The van der Waals surface area contributed by atoms with Gasteiger partial charge in [-0.15, -0.1) is 12.4 Å². The van der Waals surface area contributed by atoms with Crippen LogP contribution in [0.25, 0.3) is 10.9 Å². The number of nitrogens with one attached hydrogen (secondary N) is 1. The summed E-state index contributed by atoms with van der Waals surface area (Å²) in [5.41, 5.74) is 3.72. The Hall–Kier alpha value is -2.15. The lowest BCUT2D eigenvalue weighted by Gasteiger charge is -2.30. The number of piperazine rings is 1. The predicted octanol–water partition coefficient (Wildman–Crippen LogP) is 4.50. The monoisotopic (exact) mass is 459 g/mol. The number of benzene rings is 2. The molecule has 0 unspecified atom stereocenters. The maximum Gasteiger partial charge on any atom is 0.206 e. The number of hydrogen-bond acceptors (Lipinski definition) is 5. The van der Waals surface area contributed by atoms with Crippen LogP contribution >= 0.6 is 12.4 Å². The van der Waals surface area contributed by atoms with Crippen LogP contribution in [0.1, 0.15) is 31.9 Å². The smallest absolute Gasteiger partial charge is 0.206 e. The zero-order chi connectivity index (χ0) is 21.5. The maximum absolute atomic E-state index is 13.5. The third-order valence-corrected chi connectivity index (χ3v) is 7.70. The molecule has 0 aliphatic carbocycles. The Bertz CT molecular complexity index is 1200. The van der Waals surface area contributed by atoms with Crippen molar-refractivity contribution >= 4 is 38.8 Å². The Morgan fingerprint density at radius 2 is 1.71 bits per heavy atom. The summed E-state index contributed by atoms with van der Waals surface area (Å²) in [5.74, 6) is 0. The molecular weight excluding hydrogens is 430 g/mol. The topological polar surface area (TPSA) is 62.3 Å². The van der Waals surface area contributed by atoms with Crippen molar-refractivity contribution in [3.63, 3.8) is 0 Å². The number of hydrogen-bond donors (Lipinski definition) is 1. The summed E-state index contributed by atoms with van der Waals surface area (Å²) in [6.07, 6.45) is 1.79. The molecule has 2 aromatic carbocycles. The number of nitrogens with zero attached hydrogens (tertiary/aromatic N) is 2. The second kappa shape index (κ2) is 8.77. The highest BCUT2D eigenvalue weighted by Crippen LogP contribution is 2.32. The number of anilines is 1. The highest BCUT2D eigenvalue weighted by molar-refractivity contribution is 7.91. The fourth-order valence-corrected chi connectivity index (χ4v) is 5.51. The number of halogens is 1. The van der Waals surface area contributed by atoms with Crippen LogP contribution in [0.3, 0.4) is 0 Å². The number of fused-ring (bicyclic) bond motifs is 1. The van der Waals surface area contributed by atoms with Gasteiger partial charge in [-0.05, 0) is 53.8 Å². The quantitative estimate of drug-likeness (QED) is 0.624. The minimum atomic E-state index is -3.63. The van der Waals surface area contributed by atoms with Crippen LogP contribution in [0.4, 0.5) is 5.69 Å². The molecule has 0 radical (unpaired) electrons. The zero-order valence-corrected chi connectivity index (χ0v) is 20.1. The van der Waals surface area contributed by atoms with Crippen LogP contribution in [0.5, 0.6) is 0 Å². The van der Waals surface area contributed by atoms with Crippen molar-refractivity contribution in [1.82, 2.24) is 10.3 Å². The van der Waals surface area contributed by atoms with Gasteiger partial charge in [0.05, 0.1) is 15.3 Å². The average Bonchev–Trinajstić information content (AvgIpc) is 2.72. The Balaban J connectivity index is 0.00000272. The summed E-state index contributed by atoms with van der Waals surface area (Å²) >= 11 is 0. The van der Waals surface area contributed by atoms with E-state index in [0.717, 1.165) is 53.9 Å². The molecule has 1 fully saturated rings. The van der Waals surface area contributed by atoms with Gasteiger partial charge >= 0.3 is 0 Å². The van der Waals surface area contributed by atoms with Crippen molar-refractivity contribution in [2.75, 3.05) is 31.1 Å². The average molecular weight is 460 g/mol. The van der Waals surface area contributed by atoms with Crippen molar-refractivity contribution < 1.29 is 8.42 Å². The fraction of sp³-hybridized carbons (Fsp3) is 0.375. The first-order chi connectivity index (χ1) is 14.2. The lowest BCUT2D eigenvalue weighted by atomic mass is 9.86. The zero-order valence-electron chi connectivity index (χ0n) is 18.5. The van der Waals surface area contributed by atoms with E-state index in [1.165, 1.54) is 0 Å². The van der Waals surface area contributed by atoms with Gasteiger partial charge in [-0.1, -0.05) is 32.9 Å². The predicted molar refractivity (Wildman–Crippen MR) is 129 cm³/mol. The molecule has 4 rings (SSSR count). The molecule has 166 valence electrons. The van der Waals surface area contributed by atoms with Gasteiger partial charge in [0, 0.05) is 43.4 Å². The van der Waals surface area contributed by atoms with Crippen LogP contribution in [0.15, 0.2) is 58.5 Å². The van der Waals surface area contributed by atoms with Gasteiger partial charge in [-0.2, -0.15) is 0 Å². The van der Waals surface area contributed by atoms with E-state index in [0.29, 0.717) is 9.79 Å². The molecule has 0 spiro atoms. The first kappa shape index (κ1) is 23.5. The lowest BCUT2D eigenvalue weighted by Crippen LogP contribution is -2.43. The molecule has 7 heteroatoms. The summed E-state index contributed by atoms with van der Waals surface area (Å²) in [5, 5.41) is 4.24. The van der Waals surface area contributed by atoms with E-state index < -0.39 is 9.84 Å². The van der Waals surface area contributed by atoms with E-state index in [2.05, 4.69) is 36.0 Å². The molecule has 1 aliphatic heterocycles. The normalized spacial score (nSPS) is 15.0. The van der Waals surface area contributed by atoms with Crippen molar-refractivity contribution in [3.05, 3.63) is 59.8 Å². The van der Waals surface area contributed by atoms with E-state index in [4.69, 9.17) is 0 Å². The van der Waals surface area contributed by atoms with Gasteiger partial charge in [0.25, 0.3) is 0 Å². The van der Waals surface area contributed by atoms with Crippen molar-refractivity contribution in [2.45, 2.75) is 42.9 Å². The SMILES string of the molecule is Cc1cc(C(C)(C)C)ccc1S(=O)(=O)c1ccc2nccc(N3CCNCC3)c2c1.Cl. The number of rotatable bonds is 3. The number of pyridine rings is 1. The van der Waals surface area contributed by atoms with Gasteiger partial charge in [-0.3, -0.25) is 4.98 Å². The van der Waals surface area contributed by atoms with Gasteiger partial charge in [0.2, 0.25) is 9.84 Å². The molecule has 1 aliphatic rings. The van der Waals surface area contributed by atoms with E-state index in [1.54, 1.807) is 24.4 Å². The van der Waals surface area contributed by atoms with Gasteiger partial charge in [0.15, 0.2) is 0 Å². The van der Waals surface area contributed by atoms with Crippen LogP contribution < -0.4 is 10.2 Å². The highest BCUT2D eigenvalue weighted by Gasteiger charge is 2.23. The van der Waals surface area contributed by atoms with Crippen molar-refractivity contribution in [3.8, 4) is 0 Å². The number of aryl methyl sites for hydroxylation is 1. The lowest BCUT2D eigenvalue weighted by molar-refractivity contribution is 0.585. The molecule has 2 heterocycles. The maximum atomic E-state index is 13.5. The second-order valence-corrected chi connectivity index (χ2v) is 10.9. The molecule has 1 aromatic heterocycles. The molecule has 0 bridgehead atoms. The molecule has 0 amide bonds. The Morgan fingerprint density at radius 3 is 2.35 bits per heavy atom. The van der Waals surface area contributed by atoms with Gasteiger partial charge < -0.3 is 10.2 Å². The first-order valence-corrected chi connectivity index (χ1v) is 11.9. The molecule has 0 saturated carbocycles. The van der Waals surface area contributed by atoms with Crippen LogP contribution in [-0.4, -0.2) is 39.6 Å². The van der Waals surface area contributed by atoms with E-state index in [9.17, 15) is 8.42 Å². The Kier molecular flexibility index (Phi) is 6.65. The standard InChI is InChI=1S/C24H29N3O2S.ClH/c1-17-15-18(24(2,3)4)5-8-23(17)30(28,29)19-6-7-21-20(16-19)22(9-10-26-21)27-13-11-25-12-14-27;/h5-10,15-16,25H,11-14H2,1-4H3;1H. The summed E-state index contributed by atoms with van der Waals surface area (Å²) in [6.45, 7) is 11.9. The second-order valence-electron chi connectivity index (χ2n) is 8.98. The van der Waals surface area contributed by atoms with E-state index in [1.807, 2.05) is 31.2 Å². The third-order valence-electron chi connectivity index (χ3n) is 5.79. The summed E-state index contributed by atoms with van der Waals surface area (Å²) in [6, 6.07) is 12.9. The molecule has 5 nitrogen and oxygen atoms in total. The molecule has 1 N–H and O–H groups in total. The molecule has 1 saturated heterocycles. The van der Waals surface area contributed by atoms with E-state index in [-0.39, 0.29) is 17.8 Å². The molecule has 3 aromatic rings. The first-order valence-electron chi connectivity index (χ1n) is 10.4. The minimum absolute atomic E-state index is 0. The Labute approximate surface area is 191 Å². The third kappa shape index (κ3) is 4.56. The van der Waals surface area contributed by atoms with Crippen molar-refractivity contribution in [1.29, 1.82) is 0 Å². The fourth-order valence-electron chi connectivity index (χ4n) is 4.00. The van der Waals surface area contributed by atoms with Crippen molar-refractivity contribution in [2.24, 2.45) is 0 Å². The largest absolute Gasteiger partial charge is 0.368 e. The molecular formula is C24H30ClN3O2S. The number of aromatic nitrogens is 1. The van der Waals surface area contributed by atoms with Crippen LogP contribution in [-0.2, 0) is 15.3 Å². The summed E-state index contributed by atoms with van der Waals surface area (Å²) in [4.78, 5) is 7.42. The summed E-state index contributed by atoms with van der Waals surface area (Å²) in [7, 11) is -3.63. The minimum Gasteiger partial charge on any atom is -0.368 e. The van der Waals surface area contributed by atoms with E-state index >= 15 is 0 Å². The number of sulfone groups is 1. The summed E-state index contributed by atoms with van der Waals surface area (Å²) < 4.78 is 27.0. The Morgan fingerprint density at radius 1 is 1.00 bits per heavy atom. The van der Waals surface area contributed by atoms with Crippen LogP contribution in [0.2, 0.25) is 0 Å². The molecule has 31 heavy (non-hydrogen) atoms. The van der Waals surface area contributed by atoms with Crippen LogP contribution in [0, 0.1) is 6.92 Å². The van der Waals surface area contributed by atoms with Gasteiger partial charge in [0.1, 0.15) is 0 Å².